The van der Waals surface area contributed by atoms with Crippen molar-refractivity contribution in [1.29, 1.82) is 0 Å². The molecule has 0 aromatic carbocycles. The third-order valence-corrected chi connectivity index (χ3v) is 5.94. The van der Waals surface area contributed by atoms with Crippen molar-refractivity contribution in [2.45, 2.75) is 45.7 Å². The van der Waals surface area contributed by atoms with Crippen molar-refractivity contribution in [2.75, 3.05) is 6.54 Å². The van der Waals surface area contributed by atoms with Gasteiger partial charge < -0.3 is 8.94 Å². The Morgan fingerprint density at radius 1 is 1.43 bits per heavy atom. The molecule has 3 heterocycles. The molecule has 7 nitrogen and oxygen atoms in total. The topological polar surface area (TPSA) is 88.6 Å². The third kappa shape index (κ3) is 3.06. The highest BCUT2D eigenvalue weighted by atomic mass is 32.2. The molecule has 2 atom stereocenters. The first kappa shape index (κ1) is 16.2. The zero-order valence-electron chi connectivity index (χ0n) is 13.4. The second kappa shape index (κ2) is 6.10. The van der Waals surface area contributed by atoms with Crippen LogP contribution in [-0.4, -0.2) is 24.4 Å². The molecule has 0 radical (unpaired) electrons. The van der Waals surface area contributed by atoms with E-state index in [2.05, 4.69) is 9.88 Å². The number of rotatable bonds is 5. The quantitative estimate of drug-likeness (QED) is 0.904. The molecule has 0 unspecified atom stereocenters. The first-order chi connectivity index (χ1) is 10.9. The molecule has 3 rings (SSSR count). The van der Waals surface area contributed by atoms with E-state index >= 15 is 0 Å². The highest BCUT2D eigenvalue weighted by Gasteiger charge is 2.37. The third-order valence-electron chi connectivity index (χ3n) is 4.23. The Bertz CT molecular complexity index is 747. The number of nitrogens with zero attached hydrogens (tertiary/aromatic N) is 2. The Labute approximate surface area is 135 Å². The van der Waals surface area contributed by atoms with Crippen molar-refractivity contribution in [1.82, 2.24) is 14.2 Å². The smallest absolute Gasteiger partial charge is 0.280 e. The van der Waals surface area contributed by atoms with E-state index in [1.165, 1.54) is 4.31 Å². The number of nitrogens with one attached hydrogen (secondary N) is 1. The molecule has 1 aliphatic heterocycles. The van der Waals surface area contributed by atoms with E-state index in [1.54, 1.807) is 33.1 Å². The molecular weight excluding hydrogens is 318 g/mol. The van der Waals surface area contributed by atoms with Gasteiger partial charge >= 0.3 is 0 Å². The average Bonchev–Trinajstić information content (AvgIpc) is 3.17. The number of hydrogen-bond donors (Lipinski definition) is 1. The molecule has 0 aliphatic carbocycles. The maximum atomic E-state index is 12.8. The van der Waals surface area contributed by atoms with E-state index in [0.29, 0.717) is 23.8 Å². The fraction of sp³-hybridized carbons (Fsp3) is 0.533. The van der Waals surface area contributed by atoms with Crippen LogP contribution >= 0.6 is 0 Å². The molecule has 1 saturated heterocycles. The second-order valence-corrected chi connectivity index (χ2v) is 7.52. The number of aromatic nitrogens is 1. The fourth-order valence-corrected chi connectivity index (χ4v) is 4.87. The monoisotopic (exact) mass is 339 g/mol. The van der Waals surface area contributed by atoms with E-state index in [0.717, 1.165) is 18.4 Å². The lowest BCUT2D eigenvalue weighted by molar-refractivity contribution is 0.333. The summed E-state index contributed by atoms with van der Waals surface area (Å²) < 4.78 is 40.3. The van der Waals surface area contributed by atoms with Gasteiger partial charge in [-0.2, -0.15) is 17.4 Å². The van der Waals surface area contributed by atoms with Gasteiger partial charge in [0.05, 0.1) is 24.0 Å². The zero-order chi connectivity index (χ0) is 16.6. The normalized spacial score (nSPS) is 20.9. The van der Waals surface area contributed by atoms with Crippen molar-refractivity contribution >= 4 is 10.2 Å². The minimum atomic E-state index is -3.64. The summed E-state index contributed by atoms with van der Waals surface area (Å²) in [7, 11) is -3.64. The highest BCUT2D eigenvalue weighted by molar-refractivity contribution is 7.87. The van der Waals surface area contributed by atoms with Gasteiger partial charge in [0.25, 0.3) is 10.2 Å². The van der Waals surface area contributed by atoms with Gasteiger partial charge in [-0.1, -0.05) is 5.16 Å². The van der Waals surface area contributed by atoms with Gasteiger partial charge in [-0.25, -0.2) is 0 Å². The predicted molar refractivity (Wildman–Crippen MR) is 83.8 cm³/mol. The standard InChI is InChI=1S/C15H21N3O4S/c1-10-15(12(3)22-16-10)11(2)17-23(19,20)18-8-4-6-13(18)14-7-5-9-21-14/h5,7,9,11,13,17H,4,6,8H2,1-3H3/t11-,13+/m0/s1. The summed E-state index contributed by atoms with van der Waals surface area (Å²) >= 11 is 0. The van der Waals surface area contributed by atoms with Crippen LogP contribution in [0, 0.1) is 13.8 Å². The summed E-state index contributed by atoms with van der Waals surface area (Å²) in [5.41, 5.74) is 1.48. The van der Waals surface area contributed by atoms with E-state index in [-0.39, 0.29) is 6.04 Å². The molecule has 1 aliphatic rings. The van der Waals surface area contributed by atoms with Crippen LogP contribution < -0.4 is 4.72 Å². The molecule has 2 aromatic heterocycles. The van der Waals surface area contributed by atoms with Gasteiger partial charge in [-0.05, 0) is 45.7 Å². The van der Waals surface area contributed by atoms with Crippen LogP contribution in [0.4, 0.5) is 0 Å². The number of hydrogen-bond acceptors (Lipinski definition) is 5. The summed E-state index contributed by atoms with van der Waals surface area (Å²) in [6.45, 7) is 5.86. The molecule has 1 fully saturated rings. The van der Waals surface area contributed by atoms with Crippen molar-refractivity contribution in [3.8, 4) is 0 Å². The van der Waals surface area contributed by atoms with Crippen LogP contribution in [0.25, 0.3) is 0 Å². The summed E-state index contributed by atoms with van der Waals surface area (Å²) in [6, 6.07) is 2.93. The van der Waals surface area contributed by atoms with Gasteiger partial charge in [-0.15, -0.1) is 0 Å². The van der Waals surface area contributed by atoms with Crippen molar-refractivity contribution < 1.29 is 17.4 Å². The Kier molecular flexibility index (Phi) is 4.31. The molecule has 0 spiro atoms. The lowest BCUT2D eigenvalue weighted by Crippen LogP contribution is -2.41. The van der Waals surface area contributed by atoms with Crippen LogP contribution in [-0.2, 0) is 10.2 Å². The van der Waals surface area contributed by atoms with Crippen LogP contribution in [0.3, 0.4) is 0 Å². The maximum Gasteiger partial charge on any atom is 0.280 e. The van der Waals surface area contributed by atoms with Gasteiger partial charge in [-0.3, -0.25) is 0 Å². The molecule has 2 aromatic rings. The SMILES string of the molecule is Cc1noc(C)c1[C@H](C)NS(=O)(=O)N1CCC[C@@H]1c1ccco1. The predicted octanol–water partition coefficient (Wildman–Crippen LogP) is 2.62. The largest absolute Gasteiger partial charge is 0.468 e. The van der Waals surface area contributed by atoms with E-state index < -0.39 is 16.3 Å². The molecule has 23 heavy (non-hydrogen) atoms. The summed E-state index contributed by atoms with van der Waals surface area (Å²) in [5.74, 6) is 1.31. The summed E-state index contributed by atoms with van der Waals surface area (Å²) in [5, 5.41) is 3.88. The van der Waals surface area contributed by atoms with Crippen LogP contribution in [0.1, 0.15) is 54.6 Å². The molecule has 0 bridgehead atoms. The maximum absolute atomic E-state index is 12.8. The molecule has 0 amide bonds. The van der Waals surface area contributed by atoms with Gasteiger partial charge in [0, 0.05) is 12.1 Å². The first-order valence-electron chi connectivity index (χ1n) is 7.65. The fourth-order valence-electron chi connectivity index (χ4n) is 3.25. The van der Waals surface area contributed by atoms with Crippen LogP contribution in [0.2, 0.25) is 0 Å². The van der Waals surface area contributed by atoms with Crippen LogP contribution in [0.5, 0.6) is 0 Å². The van der Waals surface area contributed by atoms with Crippen molar-refractivity contribution in [3.63, 3.8) is 0 Å². The average molecular weight is 339 g/mol. The summed E-state index contributed by atoms with van der Waals surface area (Å²) in [4.78, 5) is 0. The van der Waals surface area contributed by atoms with E-state index in [9.17, 15) is 8.42 Å². The molecule has 0 saturated carbocycles. The molecule has 126 valence electrons. The minimum Gasteiger partial charge on any atom is -0.468 e. The zero-order valence-corrected chi connectivity index (χ0v) is 14.3. The van der Waals surface area contributed by atoms with Crippen LogP contribution in [0.15, 0.2) is 27.3 Å². The van der Waals surface area contributed by atoms with Gasteiger partial charge in [0.2, 0.25) is 0 Å². The summed E-state index contributed by atoms with van der Waals surface area (Å²) in [6.07, 6.45) is 3.14. The minimum absolute atomic E-state index is 0.251. The van der Waals surface area contributed by atoms with Gasteiger partial charge in [0.15, 0.2) is 0 Å². The Morgan fingerprint density at radius 3 is 2.83 bits per heavy atom. The number of furan rings is 1. The highest BCUT2D eigenvalue weighted by Crippen LogP contribution is 2.34. The van der Waals surface area contributed by atoms with Crippen molar-refractivity contribution in [3.05, 3.63) is 41.2 Å². The Hall–Kier alpha value is -1.64. The lowest BCUT2D eigenvalue weighted by Gasteiger charge is -2.25. The van der Waals surface area contributed by atoms with Gasteiger partial charge in [0.1, 0.15) is 11.5 Å². The van der Waals surface area contributed by atoms with Crippen molar-refractivity contribution in [2.24, 2.45) is 0 Å². The molecular formula is C15H21N3O4S. The van der Waals surface area contributed by atoms with E-state index in [1.807, 2.05) is 6.07 Å². The van der Waals surface area contributed by atoms with E-state index in [4.69, 9.17) is 8.94 Å². The second-order valence-electron chi connectivity index (χ2n) is 5.87. The number of aryl methyl sites for hydroxylation is 2. The lowest BCUT2D eigenvalue weighted by atomic mass is 10.1. The Morgan fingerprint density at radius 2 is 2.22 bits per heavy atom. The first-order valence-corrected chi connectivity index (χ1v) is 9.09. The molecule has 1 N–H and O–H groups in total. The Balaban J connectivity index is 1.81. The molecule has 8 heteroatoms.